The fourth-order valence-corrected chi connectivity index (χ4v) is 4.13. The lowest BCUT2D eigenvalue weighted by Gasteiger charge is -2.28. The topological polar surface area (TPSA) is 78.9 Å². The Labute approximate surface area is 193 Å². The first-order valence-corrected chi connectivity index (χ1v) is 10.8. The summed E-state index contributed by atoms with van der Waals surface area (Å²) in [6.45, 7) is 3.09. The first-order valence-electron chi connectivity index (χ1n) is 10.8. The second kappa shape index (κ2) is 9.71. The highest BCUT2D eigenvalue weighted by Crippen LogP contribution is 2.28. The summed E-state index contributed by atoms with van der Waals surface area (Å²) >= 11 is 0. The van der Waals surface area contributed by atoms with E-state index in [1.165, 1.54) is 0 Å². The maximum Gasteiger partial charge on any atom is 0.274 e. The number of fused-ring (bicyclic) bond motifs is 1. The Bertz CT molecular complexity index is 1220. The van der Waals surface area contributed by atoms with Crippen LogP contribution in [0.5, 0.6) is 5.75 Å². The summed E-state index contributed by atoms with van der Waals surface area (Å²) in [5.74, 6) is 0.172. The lowest BCUT2D eigenvalue weighted by molar-refractivity contribution is -0.126. The summed E-state index contributed by atoms with van der Waals surface area (Å²) in [5.41, 5.74) is 8.32. The van der Waals surface area contributed by atoms with E-state index in [-0.39, 0.29) is 5.91 Å². The van der Waals surface area contributed by atoms with Crippen LogP contribution >= 0.6 is 0 Å². The molecule has 1 aliphatic rings. The summed E-state index contributed by atoms with van der Waals surface area (Å²) in [6.07, 6.45) is 4.19. The average Bonchev–Trinajstić information content (AvgIpc) is 2.86. The number of ether oxygens (including phenoxy) is 1. The van der Waals surface area contributed by atoms with E-state index in [4.69, 9.17) is 9.94 Å². The van der Waals surface area contributed by atoms with Crippen molar-refractivity contribution in [2.45, 2.75) is 19.9 Å². The van der Waals surface area contributed by atoms with E-state index in [9.17, 15) is 9.59 Å². The lowest BCUT2D eigenvalue weighted by atomic mass is 9.96. The van der Waals surface area contributed by atoms with Crippen LogP contribution in [-0.2, 0) is 17.8 Å². The maximum atomic E-state index is 12.9. The zero-order chi connectivity index (χ0) is 23.4. The number of hydroxylamine groups is 1. The zero-order valence-electron chi connectivity index (χ0n) is 18.7. The Morgan fingerprint density at radius 3 is 2.58 bits per heavy atom. The van der Waals surface area contributed by atoms with E-state index in [0.29, 0.717) is 18.7 Å². The van der Waals surface area contributed by atoms with Crippen LogP contribution in [0, 0.1) is 6.92 Å². The van der Waals surface area contributed by atoms with Crippen molar-refractivity contribution in [3.05, 3.63) is 94.6 Å². The average molecular weight is 443 g/mol. The van der Waals surface area contributed by atoms with Crippen molar-refractivity contribution >= 4 is 17.9 Å². The van der Waals surface area contributed by atoms with E-state index < -0.39 is 5.91 Å². The molecule has 0 aliphatic carbocycles. The van der Waals surface area contributed by atoms with Crippen molar-refractivity contribution in [1.82, 2.24) is 10.4 Å². The first-order chi connectivity index (χ1) is 16.0. The first kappa shape index (κ1) is 22.3. The van der Waals surface area contributed by atoms with Gasteiger partial charge in [-0.2, -0.15) is 0 Å². The van der Waals surface area contributed by atoms with Crippen molar-refractivity contribution in [2.24, 2.45) is 0 Å². The smallest absolute Gasteiger partial charge is 0.274 e. The quantitative estimate of drug-likeness (QED) is 0.349. The minimum Gasteiger partial charge on any atom is -0.497 e. The molecule has 0 saturated heterocycles. The van der Waals surface area contributed by atoms with Gasteiger partial charge >= 0.3 is 0 Å². The Morgan fingerprint density at radius 2 is 1.85 bits per heavy atom. The predicted molar refractivity (Wildman–Crippen MR) is 127 cm³/mol. The molecule has 0 fully saturated rings. The van der Waals surface area contributed by atoms with Gasteiger partial charge in [-0.15, -0.1) is 0 Å². The molecule has 3 aromatic rings. The van der Waals surface area contributed by atoms with Crippen molar-refractivity contribution in [3.8, 4) is 16.9 Å². The second-order valence-corrected chi connectivity index (χ2v) is 8.02. The largest absolute Gasteiger partial charge is 0.497 e. The minimum atomic E-state index is -0.562. The Balaban J connectivity index is 1.50. The highest BCUT2D eigenvalue weighted by molar-refractivity contribution is 5.94. The van der Waals surface area contributed by atoms with Gasteiger partial charge < -0.3 is 9.64 Å². The highest BCUT2D eigenvalue weighted by Gasteiger charge is 2.20. The second-order valence-electron chi connectivity index (χ2n) is 8.02. The fourth-order valence-electron chi connectivity index (χ4n) is 4.13. The Hall–Kier alpha value is -3.90. The molecule has 0 bridgehead atoms. The summed E-state index contributed by atoms with van der Waals surface area (Å²) in [6, 6.07) is 19.3. The number of rotatable bonds is 5. The number of nitrogens with one attached hydrogen (secondary N) is 1. The SMILES string of the molecule is COc1ccc(-c2cccc(/C=C/C(=O)N3CCc4ccc(C(=O)NO)cc4C3)c2C)cc1. The van der Waals surface area contributed by atoms with Gasteiger partial charge in [0.15, 0.2) is 0 Å². The molecule has 168 valence electrons. The van der Waals surface area contributed by atoms with Crippen molar-refractivity contribution in [1.29, 1.82) is 0 Å². The highest BCUT2D eigenvalue weighted by atomic mass is 16.5. The van der Waals surface area contributed by atoms with Gasteiger partial charge in [-0.25, -0.2) is 5.48 Å². The summed E-state index contributed by atoms with van der Waals surface area (Å²) in [7, 11) is 1.65. The number of hydrogen-bond acceptors (Lipinski definition) is 4. The van der Waals surface area contributed by atoms with Gasteiger partial charge in [0.1, 0.15) is 5.75 Å². The molecule has 33 heavy (non-hydrogen) atoms. The normalized spacial score (nSPS) is 13.0. The van der Waals surface area contributed by atoms with Gasteiger partial charge in [0.05, 0.1) is 7.11 Å². The van der Waals surface area contributed by atoms with Crippen LogP contribution in [0.15, 0.2) is 66.7 Å². The molecule has 0 spiro atoms. The van der Waals surface area contributed by atoms with Crippen LogP contribution in [0.25, 0.3) is 17.2 Å². The molecule has 0 unspecified atom stereocenters. The van der Waals surface area contributed by atoms with Crippen molar-refractivity contribution < 1.29 is 19.5 Å². The number of nitrogens with zero attached hydrogens (tertiary/aromatic N) is 1. The van der Waals surface area contributed by atoms with Crippen LogP contribution in [0.1, 0.15) is 32.6 Å². The molecule has 2 amide bonds. The van der Waals surface area contributed by atoms with Crippen LogP contribution in [0.3, 0.4) is 0 Å². The van der Waals surface area contributed by atoms with Gasteiger partial charge in [0, 0.05) is 24.7 Å². The van der Waals surface area contributed by atoms with Gasteiger partial charge in [-0.3, -0.25) is 14.8 Å². The Kier molecular flexibility index (Phi) is 6.56. The fraction of sp³-hybridized carbons (Fsp3) is 0.185. The molecule has 1 heterocycles. The lowest BCUT2D eigenvalue weighted by Crippen LogP contribution is -2.35. The molecule has 2 N–H and O–H groups in total. The molecule has 6 nitrogen and oxygen atoms in total. The maximum absolute atomic E-state index is 12.9. The van der Waals surface area contributed by atoms with Gasteiger partial charge in [-0.05, 0) is 77.1 Å². The number of carbonyl (C=O) groups excluding carboxylic acids is 2. The van der Waals surface area contributed by atoms with E-state index in [1.54, 1.807) is 35.7 Å². The number of hydrogen-bond donors (Lipinski definition) is 2. The van der Waals surface area contributed by atoms with Gasteiger partial charge in [-0.1, -0.05) is 36.4 Å². The molecule has 0 aromatic heterocycles. The predicted octanol–water partition coefficient (Wildman–Crippen LogP) is 4.39. The van der Waals surface area contributed by atoms with Gasteiger partial charge in [0.25, 0.3) is 5.91 Å². The summed E-state index contributed by atoms with van der Waals surface area (Å²) < 4.78 is 5.24. The summed E-state index contributed by atoms with van der Waals surface area (Å²) in [5, 5.41) is 8.87. The van der Waals surface area contributed by atoms with Crippen LogP contribution in [0.2, 0.25) is 0 Å². The molecular formula is C27H26N2O4. The molecule has 6 heteroatoms. The van der Waals surface area contributed by atoms with E-state index in [1.807, 2.05) is 48.5 Å². The molecule has 1 aliphatic heterocycles. The molecule has 0 atom stereocenters. The standard InChI is InChI=1S/C27H26N2O4/c1-18-19(4-3-5-25(18)21-8-11-24(33-2)12-9-21)10-13-26(30)29-15-14-20-6-7-22(27(31)28-32)16-23(20)17-29/h3-13,16,32H,14-15,17H2,1-2H3,(H,28,31)/b13-10+. The molecule has 3 aromatic carbocycles. The van der Waals surface area contributed by atoms with Crippen molar-refractivity contribution in [3.63, 3.8) is 0 Å². The number of benzene rings is 3. The Morgan fingerprint density at radius 1 is 1.06 bits per heavy atom. The van der Waals surface area contributed by atoms with Gasteiger partial charge in [0.2, 0.25) is 5.91 Å². The minimum absolute atomic E-state index is 0.0769. The zero-order valence-corrected chi connectivity index (χ0v) is 18.7. The van der Waals surface area contributed by atoms with E-state index in [2.05, 4.69) is 13.0 Å². The van der Waals surface area contributed by atoms with Crippen LogP contribution < -0.4 is 10.2 Å². The third-order valence-electron chi connectivity index (χ3n) is 6.08. The van der Waals surface area contributed by atoms with E-state index in [0.717, 1.165) is 45.6 Å². The third-order valence-corrected chi connectivity index (χ3v) is 6.08. The monoisotopic (exact) mass is 442 g/mol. The molecule has 0 saturated carbocycles. The molecule has 0 radical (unpaired) electrons. The summed E-state index contributed by atoms with van der Waals surface area (Å²) in [4.78, 5) is 26.4. The third kappa shape index (κ3) is 4.81. The molecule has 4 rings (SSSR count). The number of carbonyl (C=O) groups is 2. The van der Waals surface area contributed by atoms with E-state index >= 15 is 0 Å². The van der Waals surface area contributed by atoms with Crippen molar-refractivity contribution in [2.75, 3.05) is 13.7 Å². The van der Waals surface area contributed by atoms with Crippen LogP contribution in [-0.4, -0.2) is 35.6 Å². The molecular weight excluding hydrogens is 416 g/mol. The number of amides is 2. The van der Waals surface area contributed by atoms with Crippen LogP contribution in [0.4, 0.5) is 0 Å². The number of methoxy groups -OCH3 is 1.